The zero-order valence-electron chi connectivity index (χ0n) is 13.8. The first-order valence-corrected chi connectivity index (χ1v) is 8.25. The van der Waals surface area contributed by atoms with Crippen LogP contribution in [0.3, 0.4) is 0 Å². The van der Waals surface area contributed by atoms with Crippen molar-refractivity contribution in [1.82, 2.24) is 5.32 Å². The number of nitrogens with one attached hydrogen (secondary N) is 1. The topological polar surface area (TPSA) is 36.8 Å². The first-order chi connectivity index (χ1) is 11.3. The highest BCUT2D eigenvalue weighted by Gasteiger charge is 1.96. The highest BCUT2D eigenvalue weighted by Crippen LogP contribution is 2.19. The van der Waals surface area contributed by atoms with E-state index in [9.17, 15) is 0 Å². The van der Waals surface area contributed by atoms with Crippen molar-refractivity contribution in [3.8, 4) is 0 Å². The normalized spacial score (nSPS) is 10.8. The summed E-state index contributed by atoms with van der Waals surface area (Å²) >= 11 is 0. The lowest BCUT2D eigenvalue weighted by Crippen LogP contribution is -2.05. The predicted octanol–water partition coefficient (Wildman–Crippen LogP) is 5.72. The van der Waals surface area contributed by atoms with E-state index in [4.69, 9.17) is 0 Å². The molecule has 0 saturated heterocycles. The van der Waals surface area contributed by atoms with Crippen LogP contribution < -0.4 is 5.32 Å². The molecular formula is C20H25N3. The Labute approximate surface area is 139 Å². The fourth-order valence-electron chi connectivity index (χ4n) is 2.30. The van der Waals surface area contributed by atoms with Crippen molar-refractivity contribution in [1.29, 1.82) is 0 Å². The molecule has 0 aliphatic carbocycles. The quantitative estimate of drug-likeness (QED) is 0.467. The van der Waals surface area contributed by atoms with Gasteiger partial charge in [-0.1, -0.05) is 37.8 Å². The molecule has 0 atom stereocenters. The first kappa shape index (κ1) is 16.9. The van der Waals surface area contributed by atoms with Crippen LogP contribution in [0.25, 0.3) is 0 Å². The molecule has 0 saturated carbocycles. The molecule has 0 heterocycles. The van der Waals surface area contributed by atoms with Gasteiger partial charge in [-0.25, -0.2) is 0 Å². The summed E-state index contributed by atoms with van der Waals surface area (Å²) in [6, 6.07) is 16.5. The lowest BCUT2D eigenvalue weighted by Gasteiger charge is -2.02. The SMILES string of the molecule is C=CNCCCCc1ccc(N=Nc2ccc(CC)cc2)cc1. The Balaban J connectivity index is 1.83. The van der Waals surface area contributed by atoms with Crippen LogP contribution in [0.5, 0.6) is 0 Å². The Morgan fingerprint density at radius 2 is 1.43 bits per heavy atom. The minimum absolute atomic E-state index is 0.890. The molecule has 3 nitrogen and oxygen atoms in total. The smallest absolute Gasteiger partial charge is 0.0857 e. The van der Waals surface area contributed by atoms with Crippen LogP contribution in [0.1, 0.15) is 30.9 Å². The van der Waals surface area contributed by atoms with E-state index in [0.29, 0.717) is 0 Å². The number of hydrogen-bond acceptors (Lipinski definition) is 3. The van der Waals surface area contributed by atoms with E-state index < -0.39 is 0 Å². The summed E-state index contributed by atoms with van der Waals surface area (Å²) in [5.41, 5.74) is 4.44. The van der Waals surface area contributed by atoms with Gasteiger partial charge in [0.2, 0.25) is 0 Å². The molecule has 0 fully saturated rings. The van der Waals surface area contributed by atoms with Crippen LogP contribution in [0.15, 0.2) is 71.5 Å². The van der Waals surface area contributed by atoms with Crippen LogP contribution in [0.4, 0.5) is 11.4 Å². The molecule has 23 heavy (non-hydrogen) atoms. The Hall–Kier alpha value is -2.42. The van der Waals surface area contributed by atoms with Gasteiger partial charge in [-0.15, -0.1) is 0 Å². The second-order valence-electron chi connectivity index (χ2n) is 5.50. The van der Waals surface area contributed by atoms with Crippen LogP contribution >= 0.6 is 0 Å². The molecular weight excluding hydrogens is 282 g/mol. The predicted molar refractivity (Wildman–Crippen MR) is 97.6 cm³/mol. The molecule has 2 rings (SSSR count). The summed E-state index contributed by atoms with van der Waals surface area (Å²) in [7, 11) is 0. The van der Waals surface area contributed by atoms with Crippen molar-refractivity contribution in [2.24, 2.45) is 10.2 Å². The van der Waals surface area contributed by atoms with E-state index in [1.165, 1.54) is 17.5 Å². The minimum Gasteiger partial charge on any atom is -0.391 e. The van der Waals surface area contributed by atoms with Gasteiger partial charge in [-0.3, -0.25) is 0 Å². The maximum atomic E-state index is 4.30. The molecule has 0 unspecified atom stereocenters. The van der Waals surface area contributed by atoms with Gasteiger partial charge in [0.25, 0.3) is 0 Å². The first-order valence-electron chi connectivity index (χ1n) is 8.25. The van der Waals surface area contributed by atoms with Gasteiger partial charge in [0.1, 0.15) is 0 Å². The molecule has 0 spiro atoms. The van der Waals surface area contributed by atoms with E-state index in [1.54, 1.807) is 6.20 Å². The van der Waals surface area contributed by atoms with E-state index in [-0.39, 0.29) is 0 Å². The molecule has 0 radical (unpaired) electrons. The molecule has 0 bridgehead atoms. The van der Waals surface area contributed by atoms with Crippen molar-refractivity contribution in [2.75, 3.05) is 6.54 Å². The lowest BCUT2D eigenvalue weighted by molar-refractivity contribution is 0.696. The number of hydrogen-bond donors (Lipinski definition) is 1. The minimum atomic E-state index is 0.890. The zero-order valence-corrected chi connectivity index (χ0v) is 13.8. The van der Waals surface area contributed by atoms with E-state index in [1.807, 2.05) is 24.3 Å². The summed E-state index contributed by atoms with van der Waals surface area (Å²) in [6.45, 7) is 6.78. The number of unbranched alkanes of at least 4 members (excludes halogenated alkanes) is 1. The number of aryl methyl sites for hydroxylation is 2. The maximum Gasteiger partial charge on any atom is 0.0857 e. The van der Waals surface area contributed by atoms with Crippen LogP contribution in [-0.2, 0) is 12.8 Å². The number of azo groups is 1. The van der Waals surface area contributed by atoms with Crippen molar-refractivity contribution in [3.63, 3.8) is 0 Å². The van der Waals surface area contributed by atoms with Crippen molar-refractivity contribution < 1.29 is 0 Å². The van der Waals surface area contributed by atoms with Crippen LogP contribution in [-0.4, -0.2) is 6.54 Å². The molecule has 0 aromatic heterocycles. The number of nitrogens with zero attached hydrogens (tertiary/aromatic N) is 2. The molecule has 0 aliphatic heterocycles. The van der Waals surface area contributed by atoms with E-state index >= 15 is 0 Å². The standard InChI is InChI=1S/C20H25N3/c1-3-17-8-12-19(13-9-17)22-23-20-14-10-18(11-15-20)7-5-6-16-21-4-2/h4,8-15,21H,2-3,5-7,16H2,1H3. The summed E-state index contributed by atoms with van der Waals surface area (Å²) in [4.78, 5) is 0. The molecule has 2 aromatic carbocycles. The third-order valence-corrected chi connectivity index (χ3v) is 3.74. The highest BCUT2D eigenvalue weighted by molar-refractivity contribution is 5.42. The van der Waals surface area contributed by atoms with Gasteiger partial charge in [0, 0.05) is 6.54 Å². The zero-order chi connectivity index (χ0) is 16.3. The average Bonchev–Trinajstić information content (AvgIpc) is 2.61. The average molecular weight is 307 g/mol. The molecule has 0 amide bonds. The van der Waals surface area contributed by atoms with Gasteiger partial charge >= 0.3 is 0 Å². The van der Waals surface area contributed by atoms with Crippen molar-refractivity contribution in [3.05, 3.63) is 72.4 Å². The number of benzene rings is 2. The second-order valence-corrected chi connectivity index (χ2v) is 5.50. The molecule has 120 valence electrons. The number of rotatable bonds is 9. The molecule has 1 N–H and O–H groups in total. The highest BCUT2D eigenvalue weighted by atomic mass is 15.1. The van der Waals surface area contributed by atoms with Crippen LogP contribution in [0, 0.1) is 0 Å². The lowest BCUT2D eigenvalue weighted by atomic mass is 10.1. The van der Waals surface area contributed by atoms with Gasteiger partial charge in [0.15, 0.2) is 0 Å². The Kier molecular flexibility index (Phi) is 7.05. The third-order valence-electron chi connectivity index (χ3n) is 3.74. The van der Waals surface area contributed by atoms with Gasteiger partial charge in [-0.05, 0) is 67.3 Å². The van der Waals surface area contributed by atoms with E-state index in [0.717, 1.165) is 37.2 Å². The fraction of sp³-hybridized carbons (Fsp3) is 0.300. The van der Waals surface area contributed by atoms with Crippen molar-refractivity contribution in [2.45, 2.75) is 32.6 Å². The summed E-state index contributed by atoms with van der Waals surface area (Å²) in [6.07, 6.45) is 6.21. The van der Waals surface area contributed by atoms with Gasteiger partial charge < -0.3 is 5.32 Å². The fourth-order valence-corrected chi connectivity index (χ4v) is 2.30. The second kappa shape index (κ2) is 9.57. The monoisotopic (exact) mass is 307 g/mol. The third kappa shape index (κ3) is 6.07. The summed E-state index contributed by atoms with van der Waals surface area (Å²) < 4.78 is 0. The Morgan fingerprint density at radius 1 is 0.870 bits per heavy atom. The van der Waals surface area contributed by atoms with E-state index in [2.05, 4.69) is 53.3 Å². The summed E-state index contributed by atoms with van der Waals surface area (Å²) in [5, 5.41) is 11.7. The Bertz CT molecular complexity index is 612. The molecule has 0 aliphatic rings. The van der Waals surface area contributed by atoms with Gasteiger partial charge in [0.05, 0.1) is 11.4 Å². The van der Waals surface area contributed by atoms with Gasteiger partial charge in [-0.2, -0.15) is 10.2 Å². The van der Waals surface area contributed by atoms with Crippen molar-refractivity contribution >= 4 is 11.4 Å². The Morgan fingerprint density at radius 3 is 1.96 bits per heavy atom. The molecule has 3 heteroatoms. The maximum absolute atomic E-state index is 4.30. The van der Waals surface area contributed by atoms with Crippen LogP contribution in [0.2, 0.25) is 0 Å². The summed E-state index contributed by atoms with van der Waals surface area (Å²) in [5.74, 6) is 0. The largest absolute Gasteiger partial charge is 0.391 e. The molecule has 2 aromatic rings.